The summed E-state index contributed by atoms with van der Waals surface area (Å²) in [5.41, 5.74) is 4.44. The minimum absolute atomic E-state index is 0.333. The van der Waals surface area contributed by atoms with Gasteiger partial charge in [-0.25, -0.2) is 4.68 Å². The zero-order chi connectivity index (χ0) is 18.1. The van der Waals surface area contributed by atoms with E-state index in [-0.39, 0.29) is 5.91 Å². The van der Waals surface area contributed by atoms with Crippen LogP contribution in [0, 0.1) is 5.92 Å². The van der Waals surface area contributed by atoms with Gasteiger partial charge < -0.3 is 14.8 Å². The highest BCUT2D eigenvalue weighted by molar-refractivity contribution is 6.08. The highest BCUT2D eigenvalue weighted by Crippen LogP contribution is 2.28. The van der Waals surface area contributed by atoms with Crippen molar-refractivity contribution in [1.29, 1.82) is 0 Å². The molecule has 1 fully saturated rings. The minimum Gasteiger partial charge on any atom is -0.481 e. The van der Waals surface area contributed by atoms with Gasteiger partial charge in [0, 0.05) is 23.8 Å². The molecule has 4 rings (SSSR count). The molecule has 1 unspecified atom stereocenters. The number of aliphatic carboxylic acids is 1. The van der Waals surface area contributed by atoms with Gasteiger partial charge >= 0.3 is 5.97 Å². The fourth-order valence-electron chi connectivity index (χ4n) is 3.13. The van der Waals surface area contributed by atoms with E-state index in [1.54, 1.807) is 4.68 Å². The molecule has 1 aromatic heterocycles. The van der Waals surface area contributed by atoms with Crippen molar-refractivity contribution in [2.45, 2.75) is 6.42 Å². The normalized spacial score (nSPS) is 16.8. The summed E-state index contributed by atoms with van der Waals surface area (Å²) in [6.07, 6.45) is 2.16. The number of amides is 1. The van der Waals surface area contributed by atoms with E-state index in [1.165, 1.54) is 4.90 Å². The molecule has 0 bridgehead atoms. The summed E-state index contributed by atoms with van der Waals surface area (Å²) in [6, 6.07) is 16.8. The molecule has 1 saturated heterocycles. The maximum atomic E-state index is 12.3. The zero-order valence-electron chi connectivity index (χ0n) is 13.8. The lowest BCUT2D eigenvalue weighted by Crippen LogP contribution is -2.30. The van der Waals surface area contributed by atoms with Crippen LogP contribution in [-0.4, -0.2) is 28.2 Å². The first-order valence-corrected chi connectivity index (χ1v) is 8.27. The van der Waals surface area contributed by atoms with Gasteiger partial charge in [-0.15, -0.1) is 0 Å². The van der Waals surface area contributed by atoms with Crippen molar-refractivity contribution in [2.75, 3.05) is 17.0 Å². The third-order valence-corrected chi connectivity index (χ3v) is 4.49. The Kier molecular flexibility index (Phi) is 3.96. The van der Waals surface area contributed by atoms with Crippen LogP contribution in [-0.2, 0) is 9.59 Å². The quantitative estimate of drug-likeness (QED) is 0.545. The largest absolute Gasteiger partial charge is 0.481 e. The predicted octanol–water partition coefficient (Wildman–Crippen LogP) is 2.62. The van der Waals surface area contributed by atoms with Gasteiger partial charge in [0.1, 0.15) is 5.92 Å². The lowest BCUT2D eigenvalue weighted by Gasteiger charge is -2.16. The van der Waals surface area contributed by atoms with E-state index in [4.69, 9.17) is 9.94 Å². The van der Waals surface area contributed by atoms with E-state index in [0.29, 0.717) is 24.4 Å². The molecule has 2 N–H and O–H groups in total. The Morgan fingerprint density at radius 2 is 1.96 bits per heavy atom. The number of benzene rings is 2. The fourth-order valence-corrected chi connectivity index (χ4v) is 3.13. The van der Waals surface area contributed by atoms with E-state index in [0.717, 1.165) is 10.9 Å². The smallest absolute Gasteiger partial charge is 0.316 e. The Labute approximate surface area is 149 Å². The van der Waals surface area contributed by atoms with Gasteiger partial charge in [0.05, 0.1) is 5.52 Å². The summed E-state index contributed by atoms with van der Waals surface area (Å²) in [5.74, 6) is -1.68. The minimum atomic E-state index is -1.06. The maximum Gasteiger partial charge on any atom is 0.316 e. The second-order valence-corrected chi connectivity index (χ2v) is 6.10. The second-order valence-electron chi connectivity index (χ2n) is 6.10. The average Bonchev–Trinajstić information content (AvgIpc) is 3.23. The number of rotatable bonds is 5. The monoisotopic (exact) mass is 351 g/mol. The Balaban J connectivity index is 1.54. The topological polar surface area (TPSA) is 83.8 Å². The number of hydrogen-bond donors (Lipinski definition) is 2. The number of carboxylic acid groups (broad SMARTS) is 1. The highest BCUT2D eigenvalue weighted by atomic mass is 16.7. The molecule has 7 nitrogen and oxygen atoms in total. The number of hydrogen-bond acceptors (Lipinski definition) is 4. The van der Waals surface area contributed by atoms with Crippen molar-refractivity contribution in [1.82, 2.24) is 4.68 Å². The van der Waals surface area contributed by atoms with Crippen LogP contribution in [0.4, 0.5) is 5.69 Å². The zero-order valence-corrected chi connectivity index (χ0v) is 13.8. The van der Waals surface area contributed by atoms with E-state index in [1.807, 2.05) is 60.8 Å². The van der Waals surface area contributed by atoms with E-state index >= 15 is 0 Å². The fraction of sp³-hybridized carbons (Fsp3) is 0.158. The maximum absolute atomic E-state index is 12.3. The summed E-state index contributed by atoms with van der Waals surface area (Å²) in [6.45, 7) is 0.414. The molecule has 132 valence electrons. The Hall–Kier alpha value is -3.48. The molecule has 26 heavy (non-hydrogen) atoms. The summed E-state index contributed by atoms with van der Waals surface area (Å²) in [4.78, 5) is 30.4. The van der Waals surface area contributed by atoms with Gasteiger partial charge in [-0.3, -0.25) is 9.59 Å². The predicted molar refractivity (Wildman–Crippen MR) is 96.5 cm³/mol. The molecule has 1 amide bonds. The van der Waals surface area contributed by atoms with E-state index in [2.05, 4.69) is 5.59 Å². The van der Waals surface area contributed by atoms with Gasteiger partial charge in [0.2, 0.25) is 5.91 Å². The number of nitrogens with zero attached hydrogens (tertiary/aromatic N) is 2. The number of anilines is 1. The number of carbonyl (C=O) groups excluding carboxylic acids is 1. The van der Waals surface area contributed by atoms with Crippen LogP contribution in [0.2, 0.25) is 0 Å². The van der Waals surface area contributed by atoms with Crippen LogP contribution >= 0.6 is 0 Å². The van der Waals surface area contributed by atoms with E-state index in [9.17, 15) is 9.59 Å². The molecule has 7 heteroatoms. The van der Waals surface area contributed by atoms with Crippen LogP contribution in [0.15, 0.2) is 60.8 Å². The van der Waals surface area contributed by atoms with Gasteiger partial charge in [0.25, 0.3) is 0 Å². The highest BCUT2D eigenvalue weighted by Gasteiger charge is 2.37. The van der Waals surface area contributed by atoms with Crippen LogP contribution in [0.25, 0.3) is 10.9 Å². The number of fused-ring (bicyclic) bond motifs is 1. The summed E-state index contributed by atoms with van der Waals surface area (Å²) >= 11 is 0. The first kappa shape index (κ1) is 16.0. The van der Waals surface area contributed by atoms with Crippen molar-refractivity contribution in [3.63, 3.8) is 0 Å². The molecule has 0 aliphatic carbocycles. The SMILES string of the molecule is O=C(O)C1CCN(c2ccc3c(ccn3NOc3ccccc3)c2)C1=O. The van der Waals surface area contributed by atoms with Crippen molar-refractivity contribution in [2.24, 2.45) is 5.92 Å². The van der Waals surface area contributed by atoms with Crippen molar-refractivity contribution < 1.29 is 19.5 Å². The lowest BCUT2D eigenvalue weighted by atomic mass is 10.1. The first-order valence-electron chi connectivity index (χ1n) is 8.27. The number of aromatic nitrogens is 1. The van der Waals surface area contributed by atoms with Crippen molar-refractivity contribution >= 4 is 28.5 Å². The van der Waals surface area contributed by atoms with E-state index < -0.39 is 11.9 Å². The van der Waals surface area contributed by atoms with Crippen LogP contribution < -0.4 is 15.3 Å². The van der Waals surface area contributed by atoms with Gasteiger partial charge in [-0.2, -0.15) is 5.59 Å². The molecule has 2 aromatic carbocycles. The molecule has 0 saturated carbocycles. The Morgan fingerprint density at radius 3 is 2.69 bits per heavy atom. The average molecular weight is 351 g/mol. The van der Waals surface area contributed by atoms with Crippen molar-refractivity contribution in [3.05, 3.63) is 60.8 Å². The van der Waals surface area contributed by atoms with Gasteiger partial charge in [0.15, 0.2) is 5.75 Å². The summed E-state index contributed by atoms with van der Waals surface area (Å²) in [7, 11) is 0. The Morgan fingerprint density at radius 1 is 1.15 bits per heavy atom. The molecule has 1 atom stereocenters. The molecular weight excluding hydrogens is 334 g/mol. The Bertz CT molecular complexity index is 967. The number of nitrogens with one attached hydrogen (secondary N) is 1. The van der Waals surface area contributed by atoms with Crippen LogP contribution in [0.3, 0.4) is 0 Å². The molecule has 1 aliphatic rings. The molecule has 0 radical (unpaired) electrons. The van der Waals surface area contributed by atoms with Crippen LogP contribution in [0.1, 0.15) is 6.42 Å². The number of carbonyl (C=O) groups is 2. The first-order chi connectivity index (χ1) is 12.6. The third-order valence-electron chi connectivity index (χ3n) is 4.49. The number of carboxylic acids is 1. The van der Waals surface area contributed by atoms with Crippen molar-refractivity contribution in [3.8, 4) is 5.75 Å². The summed E-state index contributed by atoms with van der Waals surface area (Å²) in [5, 5.41) is 10.0. The van der Waals surface area contributed by atoms with Gasteiger partial charge in [-0.05, 0) is 42.8 Å². The van der Waals surface area contributed by atoms with Crippen LogP contribution in [0.5, 0.6) is 5.75 Å². The summed E-state index contributed by atoms with van der Waals surface area (Å²) < 4.78 is 1.73. The second kappa shape index (κ2) is 6.44. The standard InChI is InChI=1S/C19H17N3O4/c23-18-16(19(24)25)9-10-21(18)14-6-7-17-13(12-14)8-11-22(17)20-26-15-4-2-1-3-5-15/h1-8,11-12,16,20H,9-10H2,(H,24,25). The molecule has 2 heterocycles. The molecular formula is C19H17N3O4. The molecule has 0 spiro atoms. The lowest BCUT2D eigenvalue weighted by molar-refractivity contribution is -0.144. The van der Waals surface area contributed by atoms with Gasteiger partial charge in [-0.1, -0.05) is 18.2 Å². The number of para-hydroxylation sites is 1. The molecule has 1 aliphatic heterocycles. The third kappa shape index (κ3) is 2.83. The molecule has 3 aromatic rings.